The van der Waals surface area contributed by atoms with Crippen LogP contribution in [-0.2, 0) is 4.79 Å². The first-order valence-electron chi connectivity index (χ1n) is 6.78. The number of anilines is 2. The van der Waals surface area contributed by atoms with Gasteiger partial charge in [0.2, 0.25) is 5.91 Å². The fourth-order valence-electron chi connectivity index (χ4n) is 2.62. The van der Waals surface area contributed by atoms with Crippen molar-refractivity contribution in [3.05, 3.63) is 23.8 Å². The van der Waals surface area contributed by atoms with Gasteiger partial charge in [0.1, 0.15) is 6.07 Å². The highest BCUT2D eigenvalue weighted by molar-refractivity contribution is 5.92. The molecule has 1 aromatic carbocycles. The van der Waals surface area contributed by atoms with E-state index in [2.05, 4.69) is 11.4 Å². The van der Waals surface area contributed by atoms with Gasteiger partial charge >= 0.3 is 0 Å². The lowest BCUT2D eigenvalue weighted by Crippen LogP contribution is -2.18. The summed E-state index contributed by atoms with van der Waals surface area (Å²) in [4.78, 5) is 12.0. The zero-order valence-corrected chi connectivity index (χ0v) is 11.0. The van der Waals surface area contributed by atoms with Crippen LogP contribution in [0.2, 0.25) is 0 Å². The molecule has 0 radical (unpaired) electrons. The Morgan fingerprint density at radius 2 is 2.11 bits per heavy atom. The molecule has 0 heterocycles. The Hall–Kier alpha value is -2.02. The quantitative estimate of drug-likeness (QED) is 0.817. The number of nitrogen functional groups attached to an aromatic ring is 1. The summed E-state index contributed by atoms with van der Waals surface area (Å²) in [6.07, 6.45) is 6.57. The number of nitrogens with two attached hydrogens (primary N) is 1. The van der Waals surface area contributed by atoms with Gasteiger partial charge < -0.3 is 11.1 Å². The van der Waals surface area contributed by atoms with Crippen molar-refractivity contribution in [2.75, 3.05) is 11.1 Å². The van der Waals surface area contributed by atoms with Crippen LogP contribution >= 0.6 is 0 Å². The predicted octanol–water partition coefficient (Wildman–Crippen LogP) is 3.05. The summed E-state index contributed by atoms with van der Waals surface area (Å²) in [6, 6.07) is 7.01. The van der Waals surface area contributed by atoms with E-state index in [1.807, 2.05) is 0 Å². The maximum Gasteiger partial charge on any atom is 0.224 e. The molecular formula is C15H19N3O. The molecule has 0 aliphatic heterocycles. The molecular weight excluding hydrogens is 238 g/mol. The average Bonchev–Trinajstić information content (AvgIpc) is 2.42. The first-order valence-corrected chi connectivity index (χ1v) is 6.78. The van der Waals surface area contributed by atoms with Crippen LogP contribution in [0.5, 0.6) is 0 Å². The van der Waals surface area contributed by atoms with E-state index >= 15 is 0 Å². The van der Waals surface area contributed by atoms with E-state index in [-0.39, 0.29) is 5.91 Å². The molecule has 4 heteroatoms. The molecule has 1 saturated carbocycles. The number of nitriles is 1. The van der Waals surface area contributed by atoms with E-state index in [1.165, 1.54) is 19.3 Å². The predicted molar refractivity (Wildman–Crippen MR) is 75.4 cm³/mol. The van der Waals surface area contributed by atoms with Gasteiger partial charge in [0.25, 0.3) is 0 Å². The van der Waals surface area contributed by atoms with Gasteiger partial charge in [-0.1, -0.05) is 19.3 Å². The van der Waals surface area contributed by atoms with Crippen molar-refractivity contribution in [2.45, 2.75) is 38.5 Å². The van der Waals surface area contributed by atoms with Gasteiger partial charge in [-0.15, -0.1) is 0 Å². The Labute approximate surface area is 113 Å². The Morgan fingerprint density at radius 3 is 2.79 bits per heavy atom. The van der Waals surface area contributed by atoms with Crippen LogP contribution in [0, 0.1) is 17.2 Å². The molecule has 100 valence electrons. The van der Waals surface area contributed by atoms with E-state index in [0.717, 1.165) is 12.8 Å². The molecule has 0 spiro atoms. The summed E-state index contributed by atoms with van der Waals surface area (Å²) < 4.78 is 0. The number of carbonyl (C=O) groups is 1. The second kappa shape index (κ2) is 6.24. The van der Waals surface area contributed by atoms with Gasteiger partial charge in [0.15, 0.2) is 0 Å². The third kappa shape index (κ3) is 3.72. The zero-order valence-electron chi connectivity index (χ0n) is 11.0. The van der Waals surface area contributed by atoms with Crippen LogP contribution in [0.15, 0.2) is 18.2 Å². The van der Waals surface area contributed by atoms with E-state index < -0.39 is 0 Å². The maximum absolute atomic E-state index is 12.0. The molecule has 0 unspecified atom stereocenters. The SMILES string of the molecule is N#Cc1cc(N)ccc1NC(=O)CC1CCCCC1. The third-order valence-corrected chi connectivity index (χ3v) is 3.64. The summed E-state index contributed by atoms with van der Waals surface area (Å²) in [5.41, 5.74) is 7.12. The summed E-state index contributed by atoms with van der Waals surface area (Å²) in [5, 5.41) is 11.8. The Kier molecular flexibility index (Phi) is 4.40. The number of hydrogen-bond donors (Lipinski definition) is 2. The molecule has 1 aliphatic rings. The largest absolute Gasteiger partial charge is 0.399 e. The number of benzene rings is 1. The molecule has 19 heavy (non-hydrogen) atoms. The lowest BCUT2D eigenvalue weighted by atomic mass is 9.87. The molecule has 3 N–H and O–H groups in total. The van der Waals surface area contributed by atoms with E-state index in [4.69, 9.17) is 11.0 Å². The minimum absolute atomic E-state index is 0.00632. The Morgan fingerprint density at radius 1 is 1.37 bits per heavy atom. The summed E-state index contributed by atoms with van der Waals surface area (Å²) in [7, 11) is 0. The number of hydrogen-bond acceptors (Lipinski definition) is 3. The van der Waals surface area contributed by atoms with Crippen molar-refractivity contribution in [3.63, 3.8) is 0 Å². The molecule has 1 aromatic rings. The van der Waals surface area contributed by atoms with Crippen molar-refractivity contribution < 1.29 is 4.79 Å². The highest BCUT2D eigenvalue weighted by Gasteiger charge is 2.17. The first kappa shape index (κ1) is 13.4. The lowest BCUT2D eigenvalue weighted by molar-refractivity contribution is -0.117. The van der Waals surface area contributed by atoms with Crippen LogP contribution in [0.3, 0.4) is 0 Å². The van der Waals surface area contributed by atoms with Crippen molar-refractivity contribution >= 4 is 17.3 Å². The average molecular weight is 257 g/mol. The topological polar surface area (TPSA) is 78.9 Å². The second-order valence-electron chi connectivity index (χ2n) is 5.17. The fraction of sp³-hybridized carbons (Fsp3) is 0.467. The Balaban J connectivity index is 1.97. The minimum atomic E-state index is -0.00632. The smallest absolute Gasteiger partial charge is 0.224 e. The number of amides is 1. The summed E-state index contributed by atoms with van der Waals surface area (Å²) in [6.45, 7) is 0. The second-order valence-corrected chi connectivity index (χ2v) is 5.17. The number of rotatable bonds is 3. The van der Waals surface area contributed by atoms with Crippen molar-refractivity contribution in [1.82, 2.24) is 0 Å². The van der Waals surface area contributed by atoms with E-state index in [0.29, 0.717) is 29.3 Å². The van der Waals surface area contributed by atoms with E-state index in [9.17, 15) is 4.79 Å². The fourth-order valence-corrected chi connectivity index (χ4v) is 2.62. The number of carbonyl (C=O) groups excluding carboxylic acids is 1. The highest BCUT2D eigenvalue weighted by atomic mass is 16.1. The summed E-state index contributed by atoms with van der Waals surface area (Å²) >= 11 is 0. The van der Waals surface area contributed by atoms with Gasteiger partial charge in [0.05, 0.1) is 11.3 Å². The zero-order chi connectivity index (χ0) is 13.7. The monoisotopic (exact) mass is 257 g/mol. The molecule has 0 bridgehead atoms. The highest BCUT2D eigenvalue weighted by Crippen LogP contribution is 2.27. The molecule has 4 nitrogen and oxygen atoms in total. The number of nitrogens with zero attached hydrogens (tertiary/aromatic N) is 1. The molecule has 2 rings (SSSR count). The standard InChI is InChI=1S/C15H19N3O/c16-10-12-9-13(17)6-7-14(12)18-15(19)8-11-4-2-1-3-5-11/h6-7,9,11H,1-5,8,17H2,(H,18,19). The molecule has 0 aromatic heterocycles. The van der Waals surface area contributed by atoms with Crippen molar-refractivity contribution in [2.24, 2.45) is 5.92 Å². The van der Waals surface area contributed by atoms with Gasteiger partial charge in [-0.3, -0.25) is 4.79 Å². The normalized spacial score (nSPS) is 15.7. The minimum Gasteiger partial charge on any atom is -0.399 e. The van der Waals surface area contributed by atoms with Gasteiger partial charge in [-0.05, 0) is 37.0 Å². The van der Waals surface area contributed by atoms with Gasteiger partial charge in [0, 0.05) is 12.1 Å². The van der Waals surface area contributed by atoms with Crippen LogP contribution in [0.25, 0.3) is 0 Å². The van der Waals surface area contributed by atoms with Crippen LogP contribution in [0.1, 0.15) is 44.1 Å². The molecule has 1 fully saturated rings. The molecule has 1 aliphatic carbocycles. The van der Waals surface area contributed by atoms with Crippen LogP contribution in [-0.4, -0.2) is 5.91 Å². The van der Waals surface area contributed by atoms with Crippen LogP contribution in [0.4, 0.5) is 11.4 Å². The van der Waals surface area contributed by atoms with Gasteiger partial charge in [-0.25, -0.2) is 0 Å². The van der Waals surface area contributed by atoms with E-state index in [1.54, 1.807) is 18.2 Å². The van der Waals surface area contributed by atoms with Crippen molar-refractivity contribution in [3.8, 4) is 6.07 Å². The maximum atomic E-state index is 12.0. The number of nitrogens with one attached hydrogen (secondary N) is 1. The molecule has 0 saturated heterocycles. The van der Waals surface area contributed by atoms with Gasteiger partial charge in [-0.2, -0.15) is 5.26 Å². The molecule has 1 amide bonds. The van der Waals surface area contributed by atoms with Crippen LogP contribution < -0.4 is 11.1 Å². The Bertz CT molecular complexity index is 499. The first-order chi connectivity index (χ1) is 9.19. The lowest BCUT2D eigenvalue weighted by Gasteiger charge is -2.21. The summed E-state index contributed by atoms with van der Waals surface area (Å²) in [5.74, 6) is 0.487. The molecule has 0 atom stereocenters. The van der Waals surface area contributed by atoms with Crippen molar-refractivity contribution in [1.29, 1.82) is 5.26 Å². The third-order valence-electron chi connectivity index (χ3n) is 3.64.